The van der Waals surface area contributed by atoms with Gasteiger partial charge in [0.05, 0.1) is 28.0 Å². The molecule has 11 nitrogen and oxygen atoms in total. The maximum atomic E-state index is 12.6. The molecule has 198 valence electrons. The lowest BCUT2D eigenvalue weighted by Crippen LogP contribution is -2.16. The van der Waals surface area contributed by atoms with Gasteiger partial charge in [0.2, 0.25) is 0 Å². The minimum Gasteiger partial charge on any atom is -0.493 e. The number of benzene rings is 3. The fraction of sp³-hybridized carbons (Fsp3) is 0.111. The maximum absolute atomic E-state index is 12.6. The van der Waals surface area contributed by atoms with E-state index in [4.69, 9.17) is 9.47 Å². The number of rotatable bonds is 11. The van der Waals surface area contributed by atoms with Crippen LogP contribution in [0, 0.1) is 20.2 Å². The summed E-state index contributed by atoms with van der Waals surface area (Å²) >= 11 is 1.20. The molecule has 1 amide bonds. The molecule has 0 bridgehead atoms. The molecule has 1 aromatic heterocycles. The lowest BCUT2D eigenvalue weighted by Gasteiger charge is -2.16. The third-order valence-corrected chi connectivity index (χ3v) is 6.67. The number of nitro groups is 2. The Kier molecular flexibility index (Phi) is 8.27. The molecule has 4 rings (SSSR count). The predicted octanol–water partition coefficient (Wildman–Crippen LogP) is 5.80. The summed E-state index contributed by atoms with van der Waals surface area (Å²) in [6.07, 6.45) is 3.60. The van der Waals surface area contributed by atoms with Crippen molar-refractivity contribution >= 4 is 44.9 Å². The Morgan fingerprint density at radius 1 is 1.08 bits per heavy atom. The molecule has 0 aliphatic rings. The lowest BCUT2D eigenvalue weighted by atomic mass is 10.1. The highest BCUT2D eigenvalue weighted by molar-refractivity contribution is 7.20. The molecule has 0 radical (unpaired) electrons. The van der Waals surface area contributed by atoms with Crippen LogP contribution in [0.25, 0.3) is 10.1 Å². The van der Waals surface area contributed by atoms with E-state index in [1.165, 1.54) is 48.9 Å². The number of amides is 1. The van der Waals surface area contributed by atoms with E-state index in [9.17, 15) is 25.0 Å². The molecule has 0 fully saturated rings. The molecule has 0 atom stereocenters. The van der Waals surface area contributed by atoms with Crippen LogP contribution in [-0.2, 0) is 13.0 Å². The summed E-state index contributed by atoms with van der Waals surface area (Å²) in [5, 5.41) is 26.7. The number of hydrogen-bond acceptors (Lipinski definition) is 9. The van der Waals surface area contributed by atoms with E-state index in [1.54, 1.807) is 42.5 Å². The summed E-state index contributed by atoms with van der Waals surface area (Å²) < 4.78 is 12.3. The van der Waals surface area contributed by atoms with Crippen molar-refractivity contribution in [3.8, 4) is 11.5 Å². The summed E-state index contributed by atoms with van der Waals surface area (Å²) in [6.45, 7) is 3.87. The summed E-state index contributed by atoms with van der Waals surface area (Å²) in [5.74, 6) is 0.424. The van der Waals surface area contributed by atoms with Crippen molar-refractivity contribution in [2.75, 3.05) is 7.11 Å². The van der Waals surface area contributed by atoms with E-state index < -0.39 is 15.8 Å². The summed E-state index contributed by atoms with van der Waals surface area (Å²) in [7, 11) is 1.49. The molecule has 4 aromatic rings. The van der Waals surface area contributed by atoms with Crippen LogP contribution in [0.3, 0.4) is 0 Å². The number of hydrazone groups is 1. The lowest BCUT2D eigenvalue weighted by molar-refractivity contribution is -0.385. The molecule has 0 unspecified atom stereocenters. The highest BCUT2D eigenvalue weighted by Gasteiger charge is 2.15. The Hall–Kier alpha value is -5.10. The number of hydrogen-bond donors (Lipinski definition) is 1. The fourth-order valence-corrected chi connectivity index (χ4v) is 4.71. The van der Waals surface area contributed by atoms with Gasteiger partial charge in [-0.2, -0.15) is 5.10 Å². The zero-order valence-corrected chi connectivity index (χ0v) is 21.5. The minimum atomic E-state index is -0.486. The molecule has 3 aromatic carbocycles. The van der Waals surface area contributed by atoms with E-state index in [-0.39, 0.29) is 18.0 Å². The average Bonchev–Trinajstić information content (AvgIpc) is 3.36. The first-order valence-electron chi connectivity index (χ1n) is 11.5. The zero-order chi connectivity index (χ0) is 27.9. The molecular formula is C27H22N4O7S. The number of nitrogens with zero attached hydrogens (tertiary/aromatic N) is 3. The number of nitrogens with one attached hydrogen (secondary N) is 1. The van der Waals surface area contributed by atoms with Gasteiger partial charge in [-0.1, -0.05) is 18.2 Å². The number of allylic oxidation sites excluding steroid dienone is 1. The standard InChI is InChI=1S/C27H22N4O7S/c1-3-5-19-10-18(12-23(37-2)26(19)38-16-17-6-4-7-21(11-17)30(33)34)15-28-29-27(32)25-14-20-13-22(31(35)36)8-9-24(20)39-25/h3-4,6-15H,1,5,16H2,2H3,(H,29,32)/b28-15-. The second kappa shape index (κ2) is 12.0. The monoisotopic (exact) mass is 546 g/mol. The second-order valence-corrected chi connectivity index (χ2v) is 9.29. The van der Waals surface area contributed by atoms with Crippen molar-refractivity contribution in [1.82, 2.24) is 5.43 Å². The normalized spacial score (nSPS) is 10.9. The van der Waals surface area contributed by atoms with Crippen LogP contribution in [-0.4, -0.2) is 29.1 Å². The largest absolute Gasteiger partial charge is 0.493 e. The number of thiophene rings is 1. The van der Waals surface area contributed by atoms with Gasteiger partial charge in [0, 0.05) is 39.9 Å². The van der Waals surface area contributed by atoms with Gasteiger partial charge in [0.1, 0.15) is 6.61 Å². The van der Waals surface area contributed by atoms with Crippen molar-refractivity contribution in [3.63, 3.8) is 0 Å². The molecule has 0 aliphatic heterocycles. The summed E-state index contributed by atoms with van der Waals surface area (Å²) in [6, 6.07) is 15.7. The number of nitro benzene ring substituents is 2. The smallest absolute Gasteiger partial charge is 0.281 e. The van der Waals surface area contributed by atoms with E-state index in [2.05, 4.69) is 17.1 Å². The Morgan fingerprint density at radius 3 is 2.56 bits per heavy atom. The van der Waals surface area contributed by atoms with Crippen LogP contribution < -0.4 is 14.9 Å². The van der Waals surface area contributed by atoms with Crippen LogP contribution in [0.5, 0.6) is 11.5 Å². The van der Waals surface area contributed by atoms with Crippen molar-refractivity contribution in [1.29, 1.82) is 0 Å². The highest BCUT2D eigenvalue weighted by Crippen LogP contribution is 2.34. The first-order chi connectivity index (χ1) is 18.8. The third-order valence-electron chi connectivity index (χ3n) is 5.56. The van der Waals surface area contributed by atoms with Crippen molar-refractivity contribution in [2.45, 2.75) is 13.0 Å². The molecule has 0 spiro atoms. The number of carbonyl (C=O) groups excluding carboxylic acids is 1. The molecule has 0 saturated carbocycles. The molecule has 1 heterocycles. The second-order valence-electron chi connectivity index (χ2n) is 8.21. The number of fused-ring (bicyclic) bond motifs is 1. The Balaban J connectivity index is 1.50. The third kappa shape index (κ3) is 6.43. The predicted molar refractivity (Wildman–Crippen MR) is 148 cm³/mol. The van der Waals surface area contributed by atoms with E-state index in [0.29, 0.717) is 39.3 Å². The van der Waals surface area contributed by atoms with Gasteiger partial charge in [0.15, 0.2) is 11.5 Å². The SMILES string of the molecule is C=CCc1cc(/C=N\NC(=O)c2cc3cc([N+](=O)[O-])ccc3s2)cc(OC)c1OCc1cccc([N+](=O)[O-])c1. The molecule has 39 heavy (non-hydrogen) atoms. The summed E-state index contributed by atoms with van der Waals surface area (Å²) in [4.78, 5) is 34.1. The van der Waals surface area contributed by atoms with Crippen molar-refractivity contribution < 1.29 is 24.1 Å². The Morgan fingerprint density at radius 2 is 1.85 bits per heavy atom. The Labute approximate surface area is 226 Å². The minimum absolute atomic E-state index is 0.0278. The van der Waals surface area contributed by atoms with Crippen LogP contribution in [0.1, 0.15) is 26.4 Å². The zero-order valence-electron chi connectivity index (χ0n) is 20.7. The average molecular weight is 547 g/mol. The topological polar surface area (TPSA) is 146 Å². The number of ether oxygens (including phenoxy) is 2. The van der Waals surface area contributed by atoms with Gasteiger partial charge in [0.25, 0.3) is 17.3 Å². The van der Waals surface area contributed by atoms with E-state index >= 15 is 0 Å². The molecule has 1 N–H and O–H groups in total. The van der Waals surface area contributed by atoms with Gasteiger partial charge in [-0.3, -0.25) is 25.0 Å². The highest BCUT2D eigenvalue weighted by atomic mass is 32.1. The fourth-order valence-electron chi connectivity index (χ4n) is 3.77. The van der Waals surface area contributed by atoms with Gasteiger partial charge in [-0.05, 0) is 41.8 Å². The maximum Gasteiger partial charge on any atom is 0.281 e. The van der Waals surface area contributed by atoms with Gasteiger partial charge in [-0.25, -0.2) is 5.43 Å². The van der Waals surface area contributed by atoms with Gasteiger partial charge >= 0.3 is 0 Å². The first kappa shape index (κ1) is 26.9. The van der Waals surface area contributed by atoms with E-state index in [1.807, 2.05) is 0 Å². The van der Waals surface area contributed by atoms with Gasteiger partial charge in [-0.15, -0.1) is 17.9 Å². The number of non-ortho nitro benzene ring substituents is 2. The quantitative estimate of drug-likeness (QED) is 0.108. The van der Waals surface area contributed by atoms with Crippen molar-refractivity contribution in [3.05, 3.63) is 115 Å². The van der Waals surface area contributed by atoms with E-state index in [0.717, 1.165) is 10.3 Å². The van der Waals surface area contributed by atoms with Crippen LogP contribution >= 0.6 is 11.3 Å². The molecule has 12 heteroatoms. The van der Waals surface area contributed by atoms with Gasteiger partial charge < -0.3 is 9.47 Å². The summed E-state index contributed by atoms with van der Waals surface area (Å²) in [5.41, 5.74) is 4.39. The number of methoxy groups -OCH3 is 1. The first-order valence-corrected chi connectivity index (χ1v) is 12.3. The Bertz CT molecular complexity index is 1610. The van der Waals surface area contributed by atoms with Crippen molar-refractivity contribution in [2.24, 2.45) is 5.10 Å². The molecule has 0 saturated heterocycles. The van der Waals surface area contributed by atoms with Crippen LogP contribution in [0.15, 0.2) is 78.4 Å². The molecular weight excluding hydrogens is 524 g/mol. The molecule has 0 aliphatic carbocycles. The van der Waals surface area contributed by atoms with Crippen LogP contribution in [0.2, 0.25) is 0 Å². The number of carbonyl (C=O) groups is 1. The van der Waals surface area contributed by atoms with Crippen LogP contribution in [0.4, 0.5) is 11.4 Å².